The fourth-order valence-corrected chi connectivity index (χ4v) is 2.99. The van der Waals surface area contributed by atoms with Gasteiger partial charge >= 0.3 is 0 Å². The highest BCUT2D eigenvalue weighted by atomic mass is 16.2. The standard InChI is InChI=1S/C15H18N2O2/c18-14-9-8-13(16-14)15(19)17-12-7-3-5-10-4-1-2-6-11(10)12/h1-2,4,6,12-13H,3,5,7-9H2,(H,16,18)(H,17,19). The van der Waals surface area contributed by atoms with E-state index >= 15 is 0 Å². The van der Waals surface area contributed by atoms with Gasteiger partial charge in [-0.15, -0.1) is 0 Å². The first-order valence-corrected chi connectivity index (χ1v) is 6.91. The SMILES string of the molecule is O=C1CCC(C(=O)NC2CCCc3ccccc32)N1. The second kappa shape index (κ2) is 5.03. The zero-order chi connectivity index (χ0) is 13.2. The lowest BCUT2D eigenvalue weighted by Gasteiger charge is -2.27. The minimum Gasteiger partial charge on any atom is -0.348 e. The van der Waals surface area contributed by atoms with Gasteiger partial charge in [-0.2, -0.15) is 0 Å². The quantitative estimate of drug-likeness (QED) is 0.843. The first kappa shape index (κ1) is 12.2. The molecule has 3 rings (SSSR count). The summed E-state index contributed by atoms with van der Waals surface area (Å²) in [5.41, 5.74) is 2.56. The summed E-state index contributed by atoms with van der Waals surface area (Å²) >= 11 is 0. The van der Waals surface area contributed by atoms with Crippen molar-refractivity contribution >= 4 is 11.8 Å². The summed E-state index contributed by atoms with van der Waals surface area (Å²) in [7, 11) is 0. The van der Waals surface area contributed by atoms with E-state index in [0.717, 1.165) is 19.3 Å². The summed E-state index contributed by atoms with van der Waals surface area (Å²) in [6.07, 6.45) is 4.23. The van der Waals surface area contributed by atoms with Gasteiger partial charge < -0.3 is 10.6 Å². The molecule has 2 amide bonds. The summed E-state index contributed by atoms with van der Waals surface area (Å²) < 4.78 is 0. The number of rotatable bonds is 2. The lowest BCUT2D eigenvalue weighted by Crippen LogP contribution is -2.43. The number of fused-ring (bicyclic) bond motifs is 1. The molecular weight excluding hydrogens is 240 g/mol. The lowest BCUT2D eigenvalue weighted by molar-refractivity contribution is -0.126. The smallest absolute Gasteiger partial charge is 0.243 e. The van der Waals surface area contributed by atoms with Crippen molar-refractivity contribution in [2.24, 2.45) is 0 Å². The van der Waals surface area contributed by atoms with Crippen LogP contribution in [-0.4, -0.2) is 17.9 Å². The molecule has 0 radical (unpaired) electrons. The Balaban J connectivity index is 1.71. The van der Waals surface area contributed by atoms with E-state index in [1.165, 1.54) is 11.1 Å². The summed E-state index contributed by atoms with van der Waals surface area (Å²) in [6, 6.07) is 8.02. The molecule has 2 atom stereocenters. The summed E-state index contributed by atoms with van der Waals surface area (Å²) in [4.78, 5) is 23.3. The van der Waals surface area contributed by atoms with Crippen molar-refractivity contribution < 1.29 is 9.59 Å². The Kier molecular flexibility index (Phi) is 3.23. The molecule has 100 valence electrons. The normalized spacial score (nSPS) is 25.6. The van der Waals surface area contributed by atoms with Crippen molar-refractivity contribution in [3.63, 3.8) is 0 Å². The fraction of sp³-hybridized carbons (Fsp3) is 0.467. The van der Waals surface area contributed by atoms with Crippen LogP contribution < -0.4 is 10.6 Å². The molecule has 1 saturated heterocycles. The van der Waals surface area contributed by atoms with Crippen LogP contribution in [-0.2, 0) is 16.0 Å². The van der Waals surface area contributed by atoms with Crippen LogP contribution in [0.5, 0.6) is 0 Å². The van der Waals surface area contributed by atoms with Crippen LogP contribution in [0.2, 0.25) is 0 Å². The van der Waals surface area contributed by atoms with Gasteiger partial charge in [-0.3, -0.25) is 9.59 Å². The Bertz CT molecular complexity index is 513. The van der Waals surface area contributed by atoms with Crippen molar-refractivity contribution in [1.82, 2.24) is 10.6 Å². The maximum Gasteiger partial charge on any atom is 0.243 e. The van der Waals surface area contributed by atoms with Gasteiger partial charge in [0.2, 0.25) is 11.8 Å². The zero-order valence-corrected chi connectivity index (χ0v) is 10.8. The van der Waals surface area contributed by atoms with Gasteiger partial charge in [-0.25, -0.2) is 0 Å². The van der Waals surface area contributed by atoms with E-state index in [1.54, 1.807) is 0 Å². The first-order chi connectivity index (χ1) is 9.24. The molecule has 0 bridgehead atoms. The molecule has 2 aliphatic rings. The molecule has 0 spiro atoms. The third-order valence-electron chi connectivity index (χ3n) is 4.00. The molecule has 1 aromatic carbocycles. The van der Waals surface area contributed by atoms with Crippen molar-refractivity contribution in [2.75, 3.05) is 0 Å². The number of hydrogen-bond acceptors (Lipinski definition) is 2. The number of hydrogen-bond donors (Lipinski definition) is 2. The molecule has 4 heteroatoms. The topological polar surface area (TPSA) is 58.2 Å². The van der Waals surface area contributed by atoms with Gasteiger partial charge in [0.15, 0.2) is 0 Å². The molecule has 1 heterocycles. The van der Waals surface area contributed by atoms with Crippen LogP contribution in [0.1, 0.15) is 42.9 Å². The molecule has 19 heavy (non-hydrogen) atoms. The Labute approximate surface area is 112 Å². The molecule has 0 saturated carbocycles. The molecule has 2 N–H and O–H groups in total. The van der Waals surface area contributed by atoms with E-state index in [2.05, 4.69) is 22.8 Å². The average molecular weight is 258 g/mol. The summed E-state index contributed by atoms with van der Waals surface area (Å²) in [6.45, 7) is 0. The van der Waals surface area contributed by atoms with Crippen LogP contribution in [0, 0.1) is 0 Å². The van der Waals surface area contributed by atoms with Gasteiger partial charge in [0.1, 0.15) is 6.04 Å². The lowest BCUT2D eigenvalue weighted by atomic mass is 9.87. The first-order valence-electron chi connectivity index (χ1n) is 6.91. The minimum atomic E-state index is -0.346. The van der Waals surface area contributed by atoms with Crippen LogP contribution in [0.15, 0.2) is 24.3 Å². The van der Waals surface area contributed by atoms with Crippen molar-refractivity contribution in [3.05, 3.63) is 35.4 Å². The van der Waals surface area contributed by atoms with Crippen LogP contribution in [0.3, 0.4) is 0 Å². The van der Waals surface area contributed by atoms with E-state index in [0.29, 0.717) is 12.8 Å². The molecule has 1 aromatic rings. The summed E-state index contributed by atoms with van der Waals surface area (Å²) in [5.74, 6) is -0.0725. The Morgan fingerprint density at radius 2 is 2.05 bits per heavy atom. The maximum atomic E-state index is 12.1. The van der Waals surface area contributed by atoms with Gasteiger partial charge in [-0.1, -0.05) is 24.3 Å². The molecule has 0 aromatic heterocycles. The third kappa shape index (κ3) is 2.48. The molecule has 1 aliphatic carbocycles. The van der Waals surface area contributed by atoms with E-state index in [-0.39, 0.29) is 23.9 Å². The highest BCUT2D eigenvalue weighted by Gasteiger charge is 2.30. The fourth-order valence-electron chi connectivity index (χ4n) is 2.99. The van der Waals surface area contributed by atoms with Gasteiger partial charge in [0.05, 0.1) is 6.04 Å². The molecule has 4 nitrogen and oxygen atoms in total. The monoisotopic (exact) mass is 258 g/mol. The molecule has 2 unspecified atom stereocenters. The Morgan fingerprint density at radius 3 is 2.84 bits per heavy atom. The van der Waals surface area contributed by atoms with E-state index in [9.17, 15) is 9.59 Å². The predicted octanol–water partition coefficient (Wildman–Crippen LogP) is 1.46. The van der Waals surface area contributed by atoms with Crippen LogP contribution >= 0.6 is 0 Å². The maximum absolute atomic E-state index is 12.1. The van der Waals surface area contributed by atoms with Crippen LogP contribution in [0.25, 0.3) is 0 Å². The van der Waals surface area contributed by atoms with E-state index < -0.39 is 0 Å². The van der Waals surface area contributed by atoms with Crippen molar-refractivity contribution in [3.8, 4) is 0 Å². The highest BCUT2D eigenvalue weighted by Crippen LogP contribution is 2.29. The Morgan fingerprint density at radius 1 is 1.21 bits per heavy atom. The minimum absolute atomic E-state index is 0.0239. The predicted molar refractivity (Wildman–Crippen MR) is 71.4 cm³/mol. The molecule has 1 fully saturated rings. The Hall–Kier alpha value is -1.84. The van der Waals surface area contributed by atoms with Gasteiger partial charge in [0, 0.05) is 6.42 Å². The van der Waals surface area contributed by atoms with Crippen molar-refractivity contribution in [2.45, 2.75) is 44.2 Å². The van der Waals surface area contributed by atoms with Gasteiger partial charge in [-0.05, 0) is 36.8 Å². The number of aryl methyl sites for hydroxylation is 1. The number of carbonyl (C=O) groups excluding carboxylic acids is 2. The average Bonchev–Trinajstić information content (AvgIpc) is 2.86. The molecule has 1 aliphatic heterocycles. The zero-order valence-electron chi connectivity index (χ0n) is 10.8. The summed E-state index contributed by atoms with van der Waals surface area (Å²) in [5, 5.41) is 5.80. The number of benzene rings is 1. The highest BCUT2D eigenvalue weighted by molar-refractivity contribution is 5.91. The second-order valence-corrected chi connectivity index (χ2v) is 5.31. The number of carbonyl (C=O) groups is 2. The van der Waals surface area contributed by atoms with E-state index in [1.807, 2.05) is 12.1 Å². The van der Waals surface area contributed by atoms with Crippen molar-refractivity contribution in [1.29, 1.82) is 0 Å². The largest absolute Gasteiger partial charge is 0.348 e. The van der Waals surface area contributed by atoms with Crippen LogP contribution in [0.4, 0.5) is 0 Å². The van der Waals surface area contributed by atoms with Gasteiger partial charge in [0.25, 0.3) is 0 Å². The number of nitrogens with one attached hydrogen (secondary N) is 2. The number of amides is 2. The molecular formula is C15H18N2O2. The second-order valence-electron chi connectivity index (χ2n) is 5.31. The van der Waals surface area contributed by atoms with E-state index in [4.69, 9.17) is 0 Å². The third-order valence-corrected chi connectivity index (χ3v) is 4.00.